The highest BCUT2D eigenvalue weighted by Gasteiger charge is 2.22. The van der Waals surface area contributed by atoms with Gasteiger partial charge in [-0.05, 0) is 26.7 Å². The molecule has 0 aromatic carbocycles. The van der Waals surface area contributed by atoms with Crippen LogP contribution in [0.1, 0.15) is 43.4 Å². The normalized spacial score (nSPS) is 16.3. The van der Waals surface area contributed by atoms with Crippen molar-refractivity contribution in [2.75, 3.05) is 5.32 Å². The van der Waals surface area contributed by atoms with E-state index in [4.69, 9.17) is 0 Å². The lowest BCUT2D eigenvalue weighted by atomic mass is 9.89. The molecule has 2 heterocycles. The van der Waals surface area contributed by atoms with Crippen molar-refractivity contribution in [2.45, 2.75) is 46.0 Å². The molecule has 1 fully saturated rings. The van der Waals surface area contributed by atoms with Gasteiger partial charge < -0.3 is 0 Å². The Morgan fingerprint density at radius 3 is 2.67 bits per heavy atom. The first kappa shape index (κ1) is 13.8. The van der Waals surface area contributed by atoms with Gasteiger partial charge in [0.15, 0.2) is 0 Å². The Kier molecular flexibility index (Phi) is 3.48. The molecule has 0 radical (unpaired) electrons. The Morgan fingerprint density at radius 1 is 1.24 bits per heavy atom. The second kappa shape index (κ2) is 5.31. The van der Waals surface area contributed by atoms with Crippen LogP contribution in [0.5, 0.6) is 0 Å². The number of carbonyl (C=O) groups excluding carboxylic acids is 1. The third kappa shape index (κ3) is 2.55. The van der Waals surface area contributed by atoms with Crippen molar-refractivity contribution in [3.8, 4) is 0 Å². The van der Waals surface area contributed by atoms with E-state index in [1.54, 1.807) is 13.8 Å². The van der Waals surface area contributed by atoms with Gasteiger partial charge in [-0.1, -0.05) is 19.3 Å². The van der Waals surface area contributed by atoms with E-state index >= 15 is 0 Å². The number of hydrogen-bond donors (Lipinski definition) is 2. The predicted molar refractivity (Wildman–Crippen MR) is 78.3 cm³/mol. The molecule has 21 heavy (non-hydrogen) atoms. The summed E-state index contributed by atoms with van der Waals surface area (Å²) >= 11 is 0. The van der Waals surface area contributed by atoms with Gasteiger partial charge in [-0.3, -0.25) is 20.0 Å². The number of aryl methyl sites for hydroxylation is 1. The molecule has 3 rings (SSSR count). The Labute approximate surface area is 121 Å². The number of anilines is 1. The third-order valence-electron chi connectivity index (χ3n) is 4.18. The summed E-state index contributed by atoms with van der Waals surface area (Å²) in [4.78, 5) is 32.7. The molecule has 1 aliphatic carbocycles. The molecule has 112 valence electrons. The summed E-state index contributed by atoms with van der Waals surface area (Å²) in [6.45, 7) is 3.49. The number of nitrogens with zero attached hydrogens (tertiary/aromatic N) is 3. The van der Waals surface area contributed by atoms with E-state index < -0.39 is 0 Å². The largest absolute Gasteiger partial charge is 0.295 e. The summed E-state index contributed by atoms with van der Waals surface area (Å²) in [5.74, 6) is 0.567. The number of fused-ring (bicyclic) bond motifs is 1. The number of rotatable bonds is 2. The second-order valence-electron chi connectivity index (χ2n) is 5.66. The van der Waals surface area contributed by atoms with Gasteiger partial charge in [0, 0.05) is 17.2 Å². The van der Waals surface area contributed by atoms with Crippen LogP contribution >= 0.6 is 0 Å². The average Bonchev–Trinajstić information content (AvgIpc) is 2.88. The topological polar surface area (TPSA) is 92.2 Å². The number of nitrogens with one attached hydrogen (secondary N) is 2. The van der Waals surface area contributed by atoms with Crippen molar-refractivity contribution in [3.63, 3.8) is 0 Å². The smallest absolute Gasteiger partial charge is 0.277 e. The highest BCUT2D eigenvalue weighted by molar-refractivity contribution is 5.91. The number of hydrogen-bond acceptors (Lipinski definition) is 4. The van der Waals surface area contributed by atoms with Crippen LogP contribution in [0.4, 0.5) is 5.95 Å². The van der Waals surface area contributed by atoms with Crippen LogP contribution in [-0.2, 0) is 4.79 Å². The SMILES string of the molecule is Cc1nc2nc(NC(=O)C3CCCCC3)[nH]n2c(=O)c1C. The maximum atomic E-state index is 12.2. The Bertz CT molecular complexity index is 740. The van der Waals surface area contributed by atoms with E-state index in [0.29, 0.717) is 11.3 Å². The van der Waals surface area contributed by atoms with E-state index in [2.05, 4.69) is 20.4 Å². The van der Waals surface area contributed by atoms with Crippen LogP contribution in [-0.4, -0.2) is 25.5 Å². The van der Waals surface area contributed by atoms with Gasteiger partial charge in [0.1, 0.15) is 0 Å². The Morgan fingerprint density at radius 2 is 1.95 bits per heavy atom. The molecule has 0 unspecified atom stereocenters. The Hall–Kier alpha value is -2.18. The third-order valence-corrected chi connectivity index (χ3v) is 4.18. The van der Waals surface area contributed by atoms with E-state index in [1.807, 2.05) is 0 Å². The van der Waals surface area contributed by atoms with Gasteiger partial charge in [0.2, 0.25) is 11.9 Å². The lowest BCUT2D eigenvalue weighted by molar-refractivity contribution is -0.120. The summed E-state index contributed by atoms with van der Waals surface area (Å²) in [5.41, 5.74) is 1.03. The molecule has 1 amide bonds. The minimum absolute atomic E-state index is 0.0322. The van der Waals surface area contributed by atoms with Gasteiger partial charge >= 0.3 is 0 Å². The summed E-state index contributed by atoms with van der Waals surface area (Å²) in [6, 6.07) is 0. The summed E-state index contributed by atoms with van der Waals surface area (Å²) in [7, 11) is 0. The van der Waals surface area contributed by atoms with Crippen molar-refractivity contribution in [2.24, 2.45) is 5.92 Å². The zero-order chi connectivity index (χ0) is 15.0. The van der Waals surface area contributed by atoms with Crippen molar-refractivity contribution in [1.82, 2.24) is 19.6 Å². The van der Waals surface area contributed by atoms with Gasteiger partial charge in [-0.15, -0.1) is 0 Å². The minimum Gasteiger partial charge on any atom is -0.295 e. The maximum Gasteiger partial charge on any atom is 0.277 e. The van der Waals surface area contributed by atoms with E-state index in [1.165, 1.54) is 10.9 Å². The van der Waals surface area contributed by atoms with Crippen LogP contribution in [0.25, 0.3) is 5.78 Å². The maximum absolute atomic E-state index is 12.2. The van der Waals surface area contributed by atoms with Crippen molar-refractivity contribution in [1.29, 1.82) is 0 Å². The molecule has 2 N–H and O–H groups in total. The first-order valence-electron chi connectivity index (χ1n) is 7.33. The van der Waals surface area contributed by atoms with Crippen molar-refractivity contribution >= 4 is 17.6 Å². The van der Waals surface area contributed by atoms with Crippen LogP contribution in [0.2, 0.25) is 0 Å². The van der Waals surface area contributed by atoms with E-state index in [-0.39, 0.29) is 29.1 Å². The first-order chi connectivity index (χ1) is 10.1. The van der Waals surface area contributed by atoms with Crippen LogP contribution in [0, 0.1) is 19.8 Å². The molecule has 0 bridgehead atoms. The number of aromatic amines is 1. The molecule has 0 saturated heterocycles. The molecule has 7 heteroatoms. The van der Waals surface area contributed by atoms with Gasteiger partial charge in [-0.25, -0.2) is 4.98 Å². The van der Waals surface area contributed by atoms with Crippen molar-refractivity contribution < 1.29 is 4.79 Å². The van der Waals surface area contributed by atoms with Gasteiger partial charge in [0.05, 0.1) is 0 Å². The molecule has 2 aromatic heterocycles. The lowest BCUT2D eigenvalue weighted by Gasteiger charge is -2.19. The molecule has 2 aromatic rings. The number of carbonyl (C=O) groups is 1. The fourth-order valence-corrected chi connectivity index (χ4v) is 2.74. The molecular formula is C14H19N5O2. The highest BCUT2D eigenvalue weighted by atomic mass is 16.2. The van der Waals surface area contributed by atoms with Gasteiger partial charge in [-0.2, -0.15) is 9.50 Å². The van der Waals surface area contributed by atoms with Crippen LogP contribution in [0.15, 0.2) is 4.79 Å². The molecule has 0 aliphatic heterocycles. The fourth-order valence-electron chi connectivity index (χ4n) is 2.74. The quantitative estimate of drug-likeness (QED) is 0.877. The van der Waals surface area contributed by atoms with Crippen LogP contribution < -0.4 is 10.9 Å². The summed E-state index contributed by atoms with van der Waals surface area (Å²) < 4.78 is 1.26. The zero-order valence-electron chi connectivity index (χ0n) is 12.3. The lowest BCUT2D eigenvalue weighted by Crippen LogP contribution is -2.25. The molecule has 0 atom stereocenters. The molecule has 7 nitrogen and oxygen atoms in total. The first-order valence-corrected chi connectivity index (χ1v) is 7.33. The molecular weight excluding hydrogens is 270 g/mol. The molecule has 0 spiro atoms. The van der Waals surface area contributed by atoms with E-state index in [9.17, 15) is 9.59 Å². The monoisotopic (exact) mass is 289 g/mol. The number of amides is 1. The number of H-pyrrole nitrogens is 1. The zero-order valence-corrected chi connectivity index (χ0v) is 12.3. The highest BCUT2D eigenvalue weighted by Crippen LogP contribution is 2.24. The minimum atomic E-state index is -0.192. The molecule has 1 saturated carbocycles. The Balaban J connectivity index is 1.86. The van der Waals surface area contributed by atoms with E-state index in [0.717, 1.165) is 25.7 Å². The summed E-state index contributed by atoms with van der Waals surface area (Å²) in [6.07, 6.45) is 5.23. The van der Waals surface area contributed by atoms with Gasteiger partial charge in [0.25, 0.3) is 11.3 Å². The second-order valence-corrected chi connectivity index (χ2v) is 5.66. The molecule has 1 aliphatic rings. The predicted octanol–water partition coefficient (Wildman–Crippen LogP) is 1.55. The van der Waals surface area contributed by atoms with Crippen molar-refractivity contribution in [3.05, 3.63) is 21.6 Å². The fraction of sp³-hybridized carbons (Fsp3) is 0.571. The summed E-state index contributed by atoms with van der Waals surface area (Å²) in [5, 5.41) is 5.56. The van der Waals surface area contributed by atoms with Crippen LogP contribution in [0.3, 0.4) is 0 Å². The number of aromatic nitrogens is 4. The standard InChI is InChI=1S/C14H19N5O2/c1-8-9(2)15-14-17-13(18-19(14)12(8)21)16-11(20)10-6-4-3-5-7-10/h10H,3-7H2,1-2H3,(H2,15,16,17,18,20). The average molecular weight is 289 g/mol.